The molecule has 0 atom stereocenters. The molecule has 0 aromatic heterocycles. The maximum Gasteiger partial charge on any atom is 0.283 e. The fourth-order valence-corrected chi connectivity index (χ4v) is 5.40. The van der Waals surface area contributed by atoms with E-state index in [2.05, 4.69) is 62.2 Å². The summed E-state index contributed by atoms with van der Waals surface area (Å²) in [4.78, 5) is 29.6. The van der Waals surface area contributed by atoms with Gasteiger partial charge in [0.2, 0.25) is 0 Å². The lowest BCUT2D eigenvalue weighted by atomic mass is 9.73. The molecule has 2 amide bonds. The van der Waals surface area contributed by atoms with E-state index in [1.165, 1.54) is 21.3 Å². The largest absolute Gasteiger partial charge is 0.344 e. The van der Waals surface area contributed by atoms with Gasteiger partial charge in [-0.05, 0) is 65.2 Å². The number of carbonyl (C=O) groups is 2. The Morgan fingerprint density at radius 2 is 1.14 bits per heavy atom. The molecule has 1 saturated heterocycles. The van der Waals surface area contributed by atoms with Gasteiger partial charge in [0.05, 0.1) is 11.4 Å². The van der Waals surface area contributed by atoms with E-state index in [1.54, 1.807) is 6.08 Å². The predicted molar refractivity (Wildman–Crippen MR) is 149 cm³/mol. The molecule has 0 spiro atoms. The van der Waals surface area contributed by atoms with Crippen LogP contribution in [-0.2, 0) is 15.0 Å². The zero-order valence-electron chi connectivity index (χ0n) is 21.1. The van der Waals surface area contributed by atoms with Gasteiger partial charge in [0.25, 0.3) is 11.8 Å². The summed E-state index contributed by atoms with van der Waals surface area (Å²) in [6.07, 6.45) is 1.72. The van der Waals surface area contributed by atoms with Crippen LogP contribution >= 0.6 is 0 Å². The van der Waals surface area contributed by atoms with E-state index >= 15 is 0 Å². The molecule has 5 heteroatoms. The second-order valence-electron chi connectivity index (χ2n) is 9.94. The van der Waals surface area contributed by atoms with Crippen LogP contribution in [0.2, 0.25) is 0 Å². The number of hydrogen-bond donors (Lipinski definition) is 0. The number of fused-ring (bicyclic) bond motifs is 2. The zero-order valence-corrected chi connectivity index (χ0v) is 21.1. The minimum Gasteiger partial charge on any atom is -0.344 e. The highest BCUT2D eigenvalue weighted by molar-refractivity contribution is 6.38. The van der Waals surface area contributed by atoms with E-state index in [4.69, 9.17) is 0 Å². The van der Waals surface area contributed by atoms with E-state index in [0.717, 1.165) is 16.8 Å². The lowest BCUT2D eigenvalue weighted by Gasteiger charge is -2.40. The molecule has 37 heavy (non-hydrogen) atoms. The fourth-order valence-electron chi connectivity index (χ4n) is 5.40. The van der Waals surface area contributed by atoms with Crippen molar-refractivity contribution in [3.05, 3.63) is 125 Å². The minimum atomic E-state index is -0.348. The summed E-state index contributed by atoms with van der Waals surface area (Å²) in [5, 5.41) is 2.91. The van der Waals surface area contributed by atoms with Gasteiger partial charge in [-0.15, -0.1) is 0 Å². The quantitative estimate of drug-likeness (QED) is 0.247. The molecule has 2 heterocycles. The van der Waals surface area contributed by atoms with E-state index in [1.807, 2.05) is 66.7 Å². The molecule has 0 bridgehead atoms. The van der Waals surface area contributed by atoms with Crippen molar-refractivity contribution in [3.8, 4) is 0 Å². The summed E-state index contributed by atoms with van der Waals surface area (Å²) in [5.41, 5.74) is 6.69. The number of carbonyl (C=O) groups excluding carboxylic acids is 2. The highest BCUT2D eigenvalue weighted by Gasteiger charge is 2.43. The highest BCUT2D eigenvalue weighted by atomic mass is 16.2. The van der Waals surface area contributed by atoms with Crippen LogP contribution in [0.1, 0.15) is 30.5 Å². The van der Waals surface area contributed by atoms with Crippen molar-refractivity contribution < 1.29 is 9.59 Å². The Morgan fingerprint density at radius 3 is 1.73 bits per heavy atom. The maximum atomic E-state index is 13.7. The monoisotopic (exact) mass is 485 g/mol. The van der Waals surface area contributed by atoms with Crippen molar-refractivity contribution in [2.45, 2.75) is 19.3 Å². The van der Waals surface area contributed by atoms with Gasteiger partial charge in [-0.1, -0.05) is 74.5 Å². The molecular formula is C32H27N3O2. The minimum absolute atomic E-state index is 0.134. The summed E-state index contributed by atoms with van der Waals surface area (Å²) in [5.74, 6) is -0.695. The van der Waals surface area contributed by atoms with Gasteiger partial charge in [-0.2, -0.15) is 0 Å². The molecule has 0 N–H and O–H groups in total. The summed E-state index contributed by atoms with van der Waals surface area (Å²) >= 11 is 0. The standard InChI is InChI=1S/C32H27N3O2/c1-32(2)26-16-10-11-17-28(26)33(3)29-19-18-22(21-27(29)32)20-25-30(36)34(23-12-6-4-7-13-23)35(31(25)37)24-14-8-5-9-15-24/h4-21H,1-3H3. The lowest BCUT2D eigenvalue weighted by molar-refractivity contribution is -0.116. The molecular weight excluding hydrogens is 458 g/mol. The van der Waals surface area contributed by atoms with Crippen molar-refractivity contribution in [1.29, 1.82) is 0 Å². The second-order valence-corrected chi connectivity index (χ2v) is 9.94. The Morgan fingerprint density at radius 1 is 0.622 bits per heavy atom. The molecule has 0 unspecified atom stereocenters. The van der Waals surface area contributed by atoms with Crippen molar-refractivity contribution in [3.63, 3.8) is 0 Å². The molecule has 2 aliphatic heterocycles. The first-order valence-electron chi connectivity index (χ1n) is 12.4. The predicted octanol–water partition coefficient (Wildman–Crippen LogP) is 6.47. The van der Waals surface area contributed by atoms with Crippen molar-refractivity contribution >= 4 is 40.6 Å². The first-order valence-corrected chi connectivity index (χ1v) is 12.4. The molecule has 2 aliphatic rings. The van der Waals surface area contributed by atoms with Crippen molar-refractivity contribution in [2.24, 2.45) is 0 Å². The Balaban J connectivity index is 1.46. The van der Waals surface area contributed by atoms with E-state index in [0.29, 0.717) is 11.4 Å². The first kappa shape index (κ1) is 22.8. The number of anilines is 4. The molecule has 0 saturated carbocycles. The van der Waals surface area contributed by atoms with Gasteiger partial charge in [-0.3, -0.25) is 9.59 Å². The average Bonchev–Trinajstić information content (AvgIpc) is 3.18. The molecule has 6 rings (SSSR count). The van der Waals surface area contributed by atoms with Crippen LogP contribution in [0.15, 0.2) is 109 Å². The van der Waals surface area contributed by atoms with Gasteiger partial charge in [0, 0.05) is 23.8 Å². The van der Waals surface area contributed by atoms with E-state index < -0.39 is 0 Å². The number of hydrazine groups is 1. The highest BCUT2D eigenvalue weighted by Crippen LogP contribution is 2.48. The second kappa shape index (κ2) is 8.49. The lowest BCUT2D eigenvalue weighted by Crippen LogP contribution is -2.41. The number of amides is 2. The Bertz CT molecular complexity index is 1500. The smallest absolute Gasteiger partial charge is 0.283 e. The normalized spacial score (nSPS) is 16.1. The Labute approximate surface area is 216 Å². The van der Waals surface area contributed by atoms with Crippen LogP contribution in [0.3, 0.4) is 0 Å². The van der Waals surface area contributed by atoms with Crippen LogP contribution in [0.25, 0.3) is 6.08 Å². The van der Waals surface area contributed by atoms with Crippen LogP contribution in [-0.4, -0.2) is 18.9 Å². The first-order chi connectivity index (χ1) is 17.9. The number of hydrogen-bond acceptors (Lipinski definition) is 3. The summed E-state index contributed by atoms with van der Waals surface area (Å²) in [6.45, 7) is 4.43. The molecule has 4 aromatic rings. The third-order valence-corrected chi connectivity index (χ3v) is 7.35. The number of nitrogens with zero attached hydrogens (tertiary/aromatic N) is 3. The molecule has 5 nitrogen and oxygen atoms in total. The van der Waals surface area contributed by atoms with Crippen LogP contribution < -0.4 is 14.9 Å². The van der Waals surface area contributed by atoms with Gasteiger partial charge < -0.3 is 4.90 Å². The van der Waals surface area contributed by atoms with Gasteiger partial charge >= 0.3 is 0 Å². The molecule has 4 aromatic carbocycles. The van der Waals surface area contributed by atoms with Crippen LogP contribution in [0.4, 0.5) is 22.7 Å². The topological polar surface area (TPSA) is 43.9 Å². The third-order valence-electron chi connectivity index (χ3n) is 7.35. The van der Waals surface area contributed by atoms with Crippen molar-refractivity contribution in [2.75, 3.05) is 22.0 Å². The summed E-state index contributed by atoms with van der Waals surface area (Å²) < 4.78 is 0. The van der Waals surface area contributed by atoms with Gasteiger partial charge in [0.15, 0.2) is 0 Å². The summed E-state index contributed by atoms with van der Waals surface area (Å²) in [6, 6.07) is 33.1. The van der Waals surface area contributed by atoms with Crippen molar-refractivity contribution in [1.82, 2.24) is 0 Å². The fraction of sp³-hybridized carbons (Fsp3) is 0.125. The maximum absolute atomic E-state index is 13.7. The van der Waals surface area contributed by atoms with E-state index in [9.17, 15) is 9.59 Å². The number of para-hydroxylation sites is 3. The molecule has 182 valence electrons. The molecule has 1 fully saturated rings. The molecule has 0 aliphatic carbocycles. The third kappa shape index (κ3) is 3.54. The molecule has 0 radical (unpaired) electrons. The van der Waals surface area contributed by atoms with Crippen LogP contribution in [0, 0.1) is 0 Å². The number of benzene rings is 4. The Kier molecular flexibility index (Phi) is 5.23. The van der Waals surface area contributed by atoms with Gasteiger partial charge in [0.1, 0.15) is 5.57 Å². The van der Waals surface area contributed by atoms with Gasteiger partial charge in [-0.25, -0.2) is 10.0 Å². The SMILES string of the molecule is CN1c2ccccc2C(C)(C)c2cc(C=C3C(=O)N(c4ccccc4)N(c4ccccc4)C3=O)ccc21. The number of rotatable bonds is 3. The van der Waals surface area contributed by atoms with E-state index in [-0.39, 0.29) is 22.8 Å². The van der Waals surface area contributed by atoms with Crippen LogP contribution in [0.5, 0.6) is 0 Å². The summed E-state index contributed by atoms with van der Waals surface area (Å²) in [7, 11) is 2.07. The Hall–Kier alpha value is -4.64. The average molecular weight is 486 g/mol. The zero-order chi connectivity index (χ0) is 25.7.